The van der Waals surface area contributed by atoms with Crippen molar-refractivity contribution in [3.05, 3.63) is 40.9 Å². The zero-order chi connectivity index (χ0) is 19.5. The quantitative estimate of drug-likeness (QED) is 0.641. The number of hydrogen-bond acceptors (Lipinski definition) is 6. The number of rotatable bonds is 4. The first-order chi connectivity index (χ1) is 13.6. The van der Waals surface area contributed by atoms with Gasteiger partial charge in [0.1, 0.15) is 22.7 Å². The normalized spacial score (nSPS) is 15.4. The van der Waals surface area contributed by atoms with Gasteiger partial charge in [-0.25, -0.2) is 9.97 Å². The van der Waals surface area contributed by atoms with E-state index in [0.29, 0.717) is 6.54 Å². The number of carbonyl (C=O) groups is 1. The SMILES string of the molecule is Cc1c(C(=O)N(C)Cc2ccco2)sc2ncnc(N3CCCCCCC3)c12. The second-order valence-electron chi connectivity index (χ2n) is 7.43. The van der Waals surface area contributed by atoms with E-state index >= 15 is 0 Å². The summed E-state index contributed by atoms with van der Waals surface area (Å²) in [6.07, 6.45) is 9.50. The zero-order valence-electron chi connectivity index (χ0n) is 16.5. The first-order valence-corrected chi connectivity index (χ1v) is 10.7. The third-order valence-electron chi connectivity index (χ3n) is 5.38. The molecule has 4 rings (SSSR count). The molecule has 148 valence electrons. The van der Waals surface area contributed by atoms with Crippen LogP contribution in [0.5, 0.6) is 0 Å². The molecule has 0 bridgehead atoms. The minimum atomic E-state index is -0.00415. The molecule has 1 saturated heterocycles. The van der Waals surface area contributed by atoms with E-state index in [1.54, 1.807) is 24.5 Å². The van der Waals surface area contributed by atoms with Crippen LogP contribution in [-0.2, 0) is 6.54 Å². The Balaban J connectivity index is 1.65. The van der Waals surface area contributed by atoms with Crippen LogP contribution in [0.15, 0.2) is 29.1 Å². The van der Waals surface area contributed by atoms with Gasteiger partial charge in [-0.1, -0.05) is 19.3 Å². The number of furan rings is 1. The van der Waals surface area contributed by atoms with Gasteiger partial charge in [-0.15, -0.1) is 11.3 Å². The topological polar surface area (TPSA) is 62.5 Å². The van der Waals surface area contributed by atoms with Crippen LogP contribution in [0.1, 0.15) is 53.1 Å². The lowest BCUT2D eigenvalue weighted by atomic mass is 10.1. The Hall–Kier alpha value is -2.41. The van der Waals surface area contributed by atoms with Crippen molar-refractivity contribution in [3.8, 4) is 0 Å². The second-order valence-corrected chi connectivity index (χ2v) is 8.43. The molecule has 1 fully saturated rings. The molecule has 0 aromatic carbocycles. The molecule has 0 unspecified atom stereocenters. The van der Waals surface area contributed by atoms with E-state index in [1.165, 1.54) is 43.4 Å². The number of nitrogens with zero attached hydrogens (tertiary/aromatic N) is 4. The van der Waals surface area contributed by atoms with Crippen LogP contribution < -0.4 is 4.90 Å². The summed E-state index contributed by atoms with van der Waals surface area (Å²) in [6.45, 7) is 4.50. The molecule has 7 heteroatoms. The molecule has 6 nitrogen and oxygen atoms in total. The molecule has 0 radical (unpaired) electrons. The lowest BCUT2D eigenvalue weighted by Crippen LogP contribution is -2.28. The van der Waals surface area contributed by atoms with Gasteiger partial charge in [0, 0.05) is 20.1 Å². The first kappa shape index (κ1) is 18.9. The molecule has 3 aromatic rings. The van der Waals surface area contributed by atoms with Crippen LogP contribution in [-0.4, -0.2) is 40.9 Å². The summed E-state index contributed by atoms with van der Waals surface area (Å²) in [7, 11) is 1.81. The fourth-order valence-corrected chi connectivity index (χ4v) is 4.98. The van der Waals surface area contributed by atoms with Crippen molar-refractivity contribution < 1.29 is 9.21 Å². The number of carbonyl (C=O) groups excluding carboxylic acids is 1. The molecule has 28 heavy (non-hydrogen) atoms. The molecule has 3 aromatic heterocycles. The average molecular weight is 399 g/mol. The third kappa shape index (κ3) is 3.76. The summed E-state index contributed by atoms with van der Waals surface area (Å²) in [4.78, 5) is 27.9. The Morgan fingerprint density at radius 2 is 1.96 bits per heavy atom. The van der Waals surface area contributed by atoms with Gasteiger partial charge in [-0.2, -0.15) is 0 Å². The van der Waals surface area contributed by atoms with Gasteiger partial charge < -0.3 is 14.2 Å². The fraction of sp³-hybridized carbons (Fsp3) is 0.476. The van der Waals surface area contributed by atoms with Gasteiger partial charge in [0.25, 0.3) is 5.91 Å². The molecular formula is C21H26N4O2S. The van der Waals surface area contributed by atoms with E-state index < -0.39 is 0 Å². The highest BCUT2D eigenvalue weighted by Crippen LogP contribution is 2.36. The maximum atomic E-state index is 13.1. The Bertz CT molecular complexity index is 943. The molecule has 0 aliphatic carbocycles. The van der Waals surface area contributed by atoms with Crippen molar-refractivity contribution in [1.29, 1.82) is 0 Å². The molecule has 0 N–H and O–H groups in total. The molecule has 0 spiro atoms. The lowest BCUT2D eigenvalue weighted by Gasteiger charge is -2.26. The van der Waals surface area contributed by atoms with Crippen molar-refractivity contribution in [2.75, 3.05) is 25.0 Å². The summed E-state index contributed by atoms with van der Waals surface area (Å²) in [5.74, 6) is 1.75. The van der Waals surface area contributed by atoms with Crippen LogP contribution in [0.25, 0.3) is 10.2 Å². The monoisotopic (exact) mass is 398 g/mol. The Kier molecular flexibility index (Phi) is 5.62. The Labute approximate surface area is 169 Å². The second kappa shape index (κ2) is 8.31. The van der Waals surface area contributed by atoms with Gasteiger partial charge in [0.15, 0.2) is 0 Å². The van der Waals surface area contributed by atoms with Crippen LogP contribution in [0.2, 0.25) is 0 Å². The Morgan fingerprint density at radius 3 is 2.68 bits per heavy atom. The summed E-state index contributed by atoms with van der Waals surface area (Å²) < 4.78 is 5.38. The van der Waals surface area contributed by atoms with E-state index in [-0.39, 0.29) is 5.91 Å². The molecule has 0 saturated carbocycles. The summed E-state index contributed by atoms with van der Waals surface area (Å²) >= 11 is 1.46. The van der Waals surface area contributed by atoms with Crippen LogP contribution in [0, 0.1) is 6.92 Å². The van der Waals surface area contributed by atoms with Gasteiger partial charge in [0.05, 0.1) is 23.1 Å². The molecule has 1 amide bonds. The van der Waals surface area contributed by atoms with Crippen LogP contribution >= 0.6 is 11.3 Å². The molecular weight excluding hydrogens is 372 g/mol. The summed E-state index contributed by atoms with van der Waals surface area (Å²) in [6, 6.07) is 3.72. The number of fused-ring (bicyclic) bond motifs is 1. The van der Waals surface area contributed by atoms with E-state index in [1.807, 2.05) is 19.1 Å². The number of amides is 1. The first-order valence-electron chi connectivity index (χ1n) is 9.92. The largest absolute Gasteiger partial charge is 0.467 e. The van der Waals surface area contributed by atoms with E-state index in [4.69, 9.17) is 4.42 Å². The number of aromatic nitrogens is 2. The lowest BCUT2D eigenvalue weighted by molar-refractivity contribution is 0.0779. The molecule has 1 aliphatic rings. The number of aryl methyl sites for hydroxylation is 1. The summed E-state index contributed by atoms with van der Waals surface area (Å²) in [5.41, 5.74) is 0.981. The standard InChI is InChI=1S/C21H26N4O2S/c1-15-17-19(25-10-6-4-3-5-7-11-25)22-14-23-20(17)28-18(15)21(26)24(2)13-16-9-8-12-27-16/h8-9,12,14H,3-7,10-11,13H2,1-2H3. The number of hydrogen-bond donors (Lipinski definition) is 0. The van der Waals surface area contributed by atoms with Gasteiger partial charge >= 0.3 is 0 Å². The third-order valence-corrected chi connectivity index (χ3v) is 6.56. The fourth-order valence-electron chi connectivity index (χ4n) is 3.84. The predicted molar refractivity (Wildman–Crippen MR) is 112 cm³/mol. The van der Waals surface area contributed by atoms with Crippen LogP contribution in [0.3, 0.4) is 0 Å². The van der Waals surface area contributed by atoms with Crippen molar-refractivity contribution in [2.24, 2.45) is 0 Å². The average Bonchev–Trinajstić information content (AvgIpc) is 3.29. The van der Waals surface area contributed by atoms with Gasteiger partial charge in [-0.3, -0.25) is 4.79 Å². The maximum absolute atomic E-state index is 13.1. The highest BCUT2D eigenvalue weighted by molar-refractivity contribution is 7.20. The smallest absolute Gasteiger partial charge is 0.264 e. The predicted octanol–water partition coefficient (Wildman–Crippen LogP) is 4.64. The molecule has 0 atom stereocenters. The molecule has 1 aliphatic heterocycles. The maximum Gasteiger partial charge on any atom is 0.264 e. The van der Waals surface area contributed by atoms with E-state index in [2.05, 4.69) is 14.9 Å². The van der Waals surface area contributed by atoms with E-state index in [0.717, 1.165) is 45.3 Å². The highest BCUT2D eigenvalue weighted by Gasteiger charge is 2.24. The number of thiophene rings is 1. The van der Waals surface area contributed by atoms with Crippen molar-refractivity contribution in [1.82, 2.24) is 14.9 Å². The van der Waals surface area contributed by atoms with Gasteiger partial charge in [0.2, 0.25) is 0 Å². The summed E-state index contributed by atoms with van der Waals surface area (Å²) in [5, 5.41) is 1.03. The van der Waals surface area contributed by atoms with E-state index in [9.17, 15) is 4.79 Å². The van der Waals surface area contributed by atoms with Crippen molar-refractivity contribution in [2.45, 2.75) is 45.6 Å². The van der Waals surface area contributed by atoms with Crippen molar-refractivity contribution in [3.63, 3.8) is 0 Å². The van der Waals surface area contributed by atoms with Crippen LogP contribution in [0.4, 0.5) is 5.82 Å². The van der Waals surface area contributed by atoms with Crippen molar-refractivity contribution >= 4 is 33.3 Å². The zero-order valence-corrected chi connectivity index (χ0v) is 17.3. The molecule has 4 heterocycles. The minimum Gasteiger partial charge on any atom is -0.467 e. The Morgan fingerprint density at radius 1 is 1.21 bits per heavy atom. The highest BCUT2D eigenvalue weighted by atomic mass is 32.1. The van der Waals surface area contributed by atoms with Gasteiger partial charge in [-0.05, 0) is 37.5 Å². The number of anilines is 1. The minimum absolute atomic E-state index is 0.00415.